The molecule has 1 amide bonds. The zero-order valence-corrected chi connectivity index (χ0v) is 11.3. The van der Waals surface area contributed by atoms with Crippen molar-refractivity contribution in [1.82, 2.24) is 4.90 Å². The number of hydrogen-bond acceptors (Lipinski definition) is 3. The van der Waals surface area contributed by atoms with E-state index in [9.17, 15) is 14.7 Å². The second-order valence-electron chi connectivity index (χ2n) is 5.27. The highest BCUT2D eigenvalue weighted by Crippen LogP contribution is 2.22. The number of hydrogen-bond donors (Lipinski definition) is 2. The molecular formula is C15H19NO4. The van der Waals surface area contributed by atoms with Gasteiger partial charge in [-0.25, -0.2) is 0 Å². The lowest BCUT2D eigenvalue weighted by atomic mass is 10.0. The molecule has 0 spiro atoms. The van der Waals surface area contributed by atoms with Gasteiger partial charge in [-0.1, -0.05) is 12.1 Å². The standard InChI is InChI=1S/C15H19NO4/c17-13-3-1-2-12(8-13)9-14(18)16-7-6-11(10-16)4-5-15(19)20/h1-3,8,11,17H,4-7,9-10H2,(H,19,20). The highest BCUT2D eigenvalue weighted by molar-refractivity contribution is 5.79. The number of carbonyl (C=O) groups is 2. The van der Waals surface area contributed by atoms with Gasteiger partial charge in [0.05, 0.1) is 6.42 Å². The van der Waals surface area contributed by atoms with Crippen LogP contribution < -0.4 is 0 Å². The average molecular weight is 277 g/mol. The van der Waals surface area contributed by atoms with Crippen molar-refractivity contribution in [3.63, 3.8) is 0 Å². The highest BCUT2D eigenvalue weighted by Gasteiger charge is 2.26. The summed E-state index contributed by atoms with van der Waals surface area (Å²) >= 11 is 0. The molecule has 108 valence electrons. The lowest BCUT2D eigenvalue weighted by Gasteiger charge is -2.16. The highest BCUT2D eigenvalue weighted by atomic mass is 16.4. The summed E-state index contributed by atoms with van der Waals surface area (Å²) in [6.07, 6.45) is 1.95. The normalized spacial score (nSPS) is 18.2. The minimum Gasteiger partial charge on any atom is -0.508 e. The molecule has 1 unspecified atom stereocenters. The van der Waals surface area contributed by atoms with Crippen LogP contribution in [-0.2, 0) is 16.0 Å². The fourth-order valence-electron chi connectivity index (χ4n) is 2.58. The van der Waals surface area contributed by atoms with Crippen molar-refractivity contribution in [1.29, 1.82) is 0 Å². The minimum atomic E-state index is -0.783. The Balaban J connectivity index is 1.83. The predicted molar refractivity (Wildman–Crippen MR) is 73.4 cm³/mol. The molecule has 5 nitrogen and oxygen atoms in total. The van der Waals surface area contributed by atoms with E-state index < -0.39 is 5.97 Å². The van der Waals surface area contributed by atoms with Gasteiger partial charge in [-0.2, -0.15) is 0 Å². The second-order valence-corrected chi connectivity index (χ2v) is 5.27. The van der Waals surface area contributed by atoms with Crippen molar-refractivity contribution < 1.29 is 19.8 Å². The number of phenols is 1. The van der Waals surface area contributed by atoms with Crippen LogP contribution >= 0.6 is 0 Å². The first-order chi connectivity index (χ1) is 9.54. The first-order valence-electron chi connectivity index (χ1n) is 6.82. The summed E-state index contributed by atoms with van der Waals surface area (Å²) in [5, 5.41) is 18.0. The largest absolute Gasteiger partial charge is 0.508 e. The van der Waals surface area contributed by atoms with E-state index in [-0.39, 0.29) is 24.5 Å². The number of carboxylic acids is 1. The third-order valence-electron chi connectivity index (χ3n) is 3.67. The van der Waals surface area contributed by atoms with E-state index in [0.717, 1.165) is 12.0 Å². The van der Waals surface area contributed by atoms with E-state index in [1.807, 2.05) is 6.07 Å². The van der Waals surface area contributed by atoms with Crippen LogP contribution in [0.3, 0.4) is 0 Å². The number of carbonyl (C=O) groups excluding carboxylic acids is 1. The Morgan fingerprint density at radius 1 is 1.35 bits per heavy atom. The van der Waals surface area contributed by atoms with Gasteiger partial charge in [-0.05, 0) is 36.5 Å². The minimum absolute atomic E-state index is 0.0356. The number of aliphatic carboxylic acids is 1. The molecule has 1 aromatic rings. The Kier molecular flexibility index (Phi) is 4.61. The zero-order valence-electron chi connectivity index (χ0n) is 11.3. The Morgan fingerprint density at radius 2 is 2.15 bits per heavy atom. The van der Waals surface area contributed by atoms with E-state index >= 15 is 0 Å². The fraction of sp³-hybridized carbons (Fsp3) is 0.467. The summed E-state index contributed by atoms with van der Waals surface area (Å²) in [5.74, 6) is -0.293. The molecular weight excluding hydrogens is 258 g/mol. The zero-order chi connectivity index (χ0) is 14.5. The maximum Gasteiger partial charge on any atom is 0.303 e. The summed E-state index contributed by atoms with van der Waals surface area (Å²) < 4.78 is 0. The van der Waals surface area contributed by atoms with Gasteiger partial charge in [0.25, 0.3) is 0 Å². The van der Waals surface area contributed by atoms with E-state index in [4.69, 9.17) is 5.11 Å². The van der Waals surface area contributed by atoms with Gasteiger partial charge in [-0.3, -0.25) is 9.59 Å². The number of aromatic hydroxyl groups is 1. The molecule has 1 fully saturated rings. The number of amides is 1. The first kappa shape index (κ1) is 14.4. The molecule has 0 aromatic heterocycles. The van der Waals surface area contributed by atoms with Crippen molar-refractivity contribution in [2.24, 2.45) is 5.92 Å². The summed E-state index contributed by atoms with van der Waals surface area (Å²) in [5.41, 5.74) is 0.795. The summed E-state index contributed by atoms with van der Waals surface area (Å²) in [4.78, 5) is 24.5. The smallest absolute Gasteiger partial charge is 0.303 e. The van der Waals surface area contributed by atoms with Gasteiger partial charge < -0.3 is 15.1 Å². The molecule has 1 saturated heterocycles. The quantitative estimate of drug-likeness (QED) is 0.857. The van der Waals surface area contributed by atoms with Crippen LogP contribution in [0.2, 0.25) is 0 Å². The van der Waals surface area contributed by atoms with Gasteiger partial charge in [0.15, 0.2) is 0 Å². The third kappa shape index (κ3) is 3.98. The molecule has 1 heterocycles. The van der Waals surface area contributed by atoms with Gasteiger partial charge in [0.2, 0.25) is 5.91 Å². The maximum atomic E-state index is 12.1. The molecule has 5 heteroatoms. The lowest BCUT2D eigenvalue weighted by molar-refractivity contribution is -0.137. The first-order valence-corrected chi connectivity index (χ1v) is 6.82. The molecule has 1 aromatic carbocycles. The Labute approximate surface area is 117 Å². The van der Waals surface area contributed by atoms with Crippen LogP contribution in [0.4, 0.5) is 0 Å². The number of benzene rings is 1. The third-order valence-corrected chi connectivity index (χ3v) is 3.67. The molecule has 2 N–H and O–H groups in total. The van der Waals surface area contributed by atoms with Gasteiger partial charge in [0, 0.05) is 19.5 Å². The topological polar surface area (TPSA) is 77.8 Å². The molecule has 1 atom stereocenters. The fourth-order valence-corrected chi connectivity index (χ4v) is 2.58. The van der Waals surface area contributed by atoms with Crippen molar-refractivity contribution in [3.05, 3.63) is 29.8 Å². The predicted octanol–water partition coefficient (Wildman–Crippen LogP) is 1.65. The number of likely N-dealkylation sites (tertiary alicyclic amines) is 1. The molecule has 1 aliphatic heterocycles. The van der Waals surface area contributed by atoms with Crippen LogP contribution in [0.15, 0.2) is 24.3 Å². The molecule has 0 bridgehead atoms. The van der Waals surface area contributed by atoms with Crippen molar-refractivity contribution in [2.75, 3.05) is 13.1 Å². The molecule has 20 heavy (non-hydrogen) atoms. The van der Waals surface area contributed by atoms with E-state index in [1.54, 1.807) is 23.1 Å². The lowest BCUT2D eigenvalue weighted by Crippen LogP contribution is -2.30. The van der Waals surface area contributed by atoms with E-state index in [1.165, 1.54) is 0 Å². The number of carboxylic acid groups (broad SMARTS) is 1. The van der Waals surface area contributed by atoms with Crippen LogP contribution in [0.25, 0.3) is 0 Å². The summed E-state index contributed by atoms with van der Waals surface area (Å²) in [7, 11) is 0. The molecule has 0 saturated carbocycles. The van der Waals surface area contributed by atoms with Crippen LogP contribution in [0.5, 0.6) is 5.75 Å². The van der Waals surface area contributed by atoms with Crippen LogP contribution in [0, 0.1) is 5.92 Å². The molecule has 1 aliphatic rings. The SMILES string of the molecule is O=C(O)CCC1CCN(C(=O)Cc2cccc(O)c2)C1. The van der Waals surface area contributed by atoms with E-state index in [0.29, 0.717) is 25.4 Å². The van der Waals surface area contributed by atoms with Gasteiger partial charge >= 0.3 is 5.97 Å². The number of nitrogens with zero attached hydrogens (tertiary/aromatic N) is 1. The van der Waals surface area contributed by atoms with Crippen molar-refractivity contribution in [2.45, 2.75) is 25.7 Å². The Bertz CT molecular complexity index is 500. The second kappa shape index (κ2) is 6.41. The number of rotatable bonds is 5. The Morgan fingerprint density at radius 3 is 2.85 bits per heavy atom. The maximum absolute atomic E-state index is 12.1. The Hall–Kier alpha value is -2.04. The average Bonchev–Trinajstić information content (AvgIpc) is 2.85. The van der Waals surface area contributed by atoms with E-state index in [2.05, 4.69) is 0 Å². The van der Waals surface area contributed by atoms with Crippen molar-refractivity contribution in [3.8, 4) is 5.75 Å². The molecule has 0 radical (unpaired) electrons. The summed E-state index contributed by atoms with van der Waals surface area (Å²) in [6, 6.07) is 6.70. The molecule has 0 aliphatic carbocycles. The van der Waals surface area contributed by atoms with Gasteiger partial charge in [-0.15, -0.1) is 0 Å². The van der Waals surface area contributed by atoms with Crippen LogP contribution in [-0.4, -0.2) is 40.1 Å². The monoisotopic (exact) mass is 277 g/mol. The van der Waals surface area contributed by atoms with Crippen molar-refractivity contribution >= 4 is 11.9 Å². The van der Waals surface area contributed by atoms with Gasteiger partial charge in [0.1, 0.15) is 5.75 Å². The molecule has 2 rings (SSSR count). The number of phenolic OH excluding ortho intramolecular Hbond substituents is 1. The van der Waals surface area contributed by atoms with Crippen LogP contribution in [0.1, 0.15) is 24.8 Å². The summed E-state index contributed by atoms with van der Waals surface area (Å²) in [6.45, 7) is 1.34.